The summed E-state index contributed by atoms with van der Waals surface area (Å²) in [4.78, 5) is 27.2. The number of fused-ring (bicyclic) bond motifs is 1. The number of nitrogens with zero attached hydrogens (tertiary/aromatic N) is 4. The quantitative estimate of drug-likeness (QED) is 0.639. The van der Waals surface area contributed by atoms with Crippen molar-refractivity contribution in [2.24, 2.45) is 0 Å². The van der Waals surface area contributed by atoms with Crippen LogP contribution in [0.15, 0.2) is 36.5 Å². The maximum Gasteiger partial charge on any atom is 0.267 e. The lowest BCUT2D eigenvalue weighted by Crippen LogP contribution is -2.37. The molecule has 1 amide bonds. The zero-order valence-corrected chi connectivity index (χ0v) is 17.2. The van der Waals surface area contributed by atoms with Gasteiger partial charge < -0.3 is 15.7 Å². The maximum atomic E-state index is 12.1. The number of carbonyl (C=O) groups excluding carboxylic acids is 1. The number of aliphatic hydroxyl groups is 1. The highest BCUT2D eigenvalue weighted by molar-refractivity contribution is 5.91. The molecule has 152 valence electrons. The molecule has 1 aliphatic rings. The fourth-order valence-corrected chi connectivity index (χ4v) is 3.55. The number of likely N-dealkylation sites (tertiary alicyclic amines) is 1. The minimum atomic E-state index is -1.63. The second kappa shape index (κ2) is 7.39. The average Bonchev–Trinajstić information content (AvgIpc) is 3.00. The number of amides is 1. The SMILES string of the molecule is CC(C)c1nc(-c2cccc(C#C[C@]3(O)CCN(C)C3=O)c2)nc2c(N)nccc12. The molecule has 0 aliphatic carbocycles. The van der Waals surface area contributed by atoms with Crippen LogP contribution in [0, 0.1) is 11.8 Å². The Hall–Kier alpha value is -3.50. The number of benzene rings is 1. The first-order valence-corrected chi connectivity index (χ1v) is 9.82. The Balaban J connectivity index is 1.77. The predicted octanol–water partition coefficient (Wildman–Crippen LogP) is 2.34. The Morgan fingerprint density at radius 1 is 1.27 bits per heavy atom. The van der Waals surface area contributed by atoms with Crippen molar-refractivity contribution < 1.29 is 9.90 Å². The average molecular weight is 401 g/mol. The van der Waals surface area contributed by atoms with Crippen LogP contribution in [0.3, 0.4) is 0 Å². The predicted molar refractivity (Wildman–Crippen MR) is 115 cm³/mol. The normalized spacial score (nSPS) is 18.7. The molecule has 0 bridgehead atoms. The monoisotopic (exact) mass is 401 g/mol. The zero-order chi connectivity index (χ0) is 21.5. The van der Waals surface area contributed by atoms with Gasteiger partial charge in [0, 0.05) is 42.7 Å². The van der Waals surface area contributed by atoms with Crippen LogP contribution in [0.5, 0.6) is 0 Å². The first-order valence-electron chi connectivity index (χ1n) is 9.82. The molecule has 1 saturated heterocycles. The zero-order valence-electron chi connectivity index (χ0n) is 17.2. The molecule has 3 heterocycles. The van der Waals surface area contributed by atoms with E-state index in [1.54, 1.807) is 13.2 Å². The van der Waals surface area contributed by atoms with Gasteiger partial charge in [-0.2, -0.15) is 0 Å². The number of hydrogen-bond acceptors (Lipinski definition) is 6. The summed E-state index contributed by atoms with van der Waals surface area (Å²) in [6, 6.07) is 9.29. The molecule has 2 aromatic heterocycles. The molecule has 1 fully saturated rings. The molecule has 1 atom stereocenters. The number of rotatable bonds is 2. The van der Waals surface area contributed by atoms with E-state index in [9.17, 15) is 9.90 Å². The fourth-order valence-electron chi connectivity index (χ4n) is 3.55. The van der Waals surface area contributed by atoms with Gasteiger partial charge in [-0.15, -0.1) is 0 Å². The molecule has 4 rings (SSSR count). The van der Waals surface area contributed by atoms with Crippen LogP contribution in [-0.4, -0.2) is 50.1 Å². The number of nitrogen functional groups attached to an aromatic ring is 1. The lowest BCUT2D eigenvalue weighted by atomic mass is 10.0. The fraction of sp³-hybridized carbons (Fsp3) is 0.304. The minimum Gasteiger partial charge on any atom is -0.382 e. The summed E-state index contributed by atoms with van der Waals surface area (Å²) in [5, 5.41) is 11.4. The summed E-state index contributed by atoms with van der Waals surface area (Å²) >= 11 is 0. The second-order valence-corrected chi connectivity index (χ2v) is 7.85. The molecule has 1 aromatic carbocycles. The van der Waals surface area contributed by atoms with E-state index in [1.807, 2.05) is 30.3 Å². The van der Waals surface area contributed by atoms with Crippen molar-refractivity contribution in [3.63, 3.8) is 0 Å². The first kappa shape index (κ1) is 19.8. The van der Waals surface area contributed by atoms with Gasteiger partial charge in [0.1, 0.15) is 11.3 Å². The molecule has 0 radical (unpaired) electrons. The molecule has 1 aliphatic heterocycles. The standard InChI is InChI=1S/C23H23N5O2/c1-14(2)18-17-8-11-25-20(24)19(17)27-21(26-18)16-6-4-5-15(13-16)7-9-23(30)10-12-28(3)22(23)29/h4-6,8,11,13-14,30H,10,12H2,1-3H3,(H2,24,25)/t23-/m0/s1. The molecule has 3 aromatic rings. The Kier molecular flexibility index (Phi) is 4.88. The summed E-state index contributed by atoms with van der Waals surface area (Å²) < 4.78 is 0. The van der Waals surface area contributed by atoms with Crippen LogP contribution < -0.4 is 5.73 Å². The maximum absolute atomic E-state index is 12.1. The molecule has 7 nitrogen and oxygen atoms in total. The lowest BCUT2D eigenvalue weighted by Gasteiger charge is -2.13. The molecule has 3 N–H and O–H groups in total. The van der Waals surface area contributed by atoms with Crippen LogP contribution in [0.4, 0.5) is 5.82 Å². The molecule has 0 unspecified atom stereocenters. The summed E-state index contributed by atoms with van der Waals surface area (Å²) in [5.74, 6) is 6.38. The van der Waals surface area contributed by atoms with Gasteiger partial charge in [0.05, 0.1) is 5.69 Å². The van der Waals surface area contributed by atoms with E-state index in [0.29, 0.717) is 35.7 Å². The number of aromatic nitrogens is 3. The summed E-state index contributed by atoms with van der Waals surface area (Å²) in [6.45, 7) is 4.63. The van der Waals surface area contributed by atoms with Crippen LogP contribution in [-0.2, 0) is 4.79 Å². The van der Waals surface area contributed by atoms with Gasteiger partial charge in [-0.25, -0.2) is 15.0 Å². The molecule has 0 spiro atoms. The molecule has 0 saturated carbocycles. The highest BCUT2D eigenvalue weighted by Crippen LogP contribution is 2.28. The van der Waals surface area contributed by atoms with Crippen LogP contribution in [0.2, 0.25) is 0 Å². The van der Waals surface area contributed by atoms with Gasteiger partial charge in [0.2, 0.25) is 5.60 Å². The summed E-state index contributed by atoms with van der Waals surface area (Å²) in [6.07, 6.45) is 1.96. The van der Waals surface area contributed by atoms with Gasteiger partial charge in [0.15, 0.2) is 5.82 Å². The Morgan fingerprint density at radius 2 is 2.07 bits per heavy atom. The summed E-state index contributed by atoms with van der Waals surface area (Å²) in [7, 11) is 1.66. The highest BCUT2D eigenvalue weighted by atomic mass is 16.3. The molecular weight excluding hydrogens is 378 g/mol. The molecule has 30 heavy (non-hydrogen) atoms. The van der Waals surface area contributed by atoms with Crippen molar-refractivity contribution in [1.82, 2.24) is 19.9 Å². The third kappa shape index (κ3) is 3.46. The van der Waals surface area contributed by atoms with Gasteiger partial charge in [-0.1, -0.05) is 37.8 Å². The van der Waals surface area contributed by atoms with Crippen LogP contribution in [0.1, 0.15) is 37.4 Å². The van der Waals surface area contributed by atoms with Gasteiger partial charge >= 0.3 is 0 Å². The van der Waals surface area contributed by atoms with E-state index in [2.05, 4.69) is 35.7 Å². The van der Waals surface area contributed by atoms with Gasteiger partial charge in [-0.3, -0.25) is 4.79 Å². The van der Waals surface area contributed by atoms with E-state index in [0.717, 1.165) is 16.6 Å². The number of hydrogen-bond donors (Lipinski definition) is 2. The van der Waals surface area contributed by atoms with E-state index in [-0.39, 0.29) is 11.8 Å². The Morgan fingerprint density at radius 3 is 2.77 bits per heavy atom. The number of pyridine rings is 1. The van der Waals surface area contributed by atoms with Crippen molar-refractivity contribution in [2.45, 2.75) is 31.8 Å². The molecular formula is C23H23N5O2. The largest absolute Gasteiger partial charge is 0.382 e. The molecule has 7 heteroatoms. The number of anilines is 1. The van der Waals surface area contributed by atoms with E-state index in [1.165, 1.54) is 4.90 Å². The van der Waals surface area contributed by atoms with Gasteiger partial charge in [0.25, 0.3) is 5.91 Å². The van der Waals surface area contributed by atoms with Crippen LogP contribution in [0.25, 0.3) is 22.3 Å². The number of likely N-dealkylation sites (N-methyl/N-ethyl adjacent to an activating group) is 1. The summed E-state index contributed by atoms with van der Waals surface area (Å²) in [5.41, 5.74) is 7.40. The van der Waals surface area contributed by atoms with Crippen molar-refractivity contribution in [3.05, 3.63) is 47.8 Å². The van der Waals surface area contributed by atoms with E-state index in [4.69, 9.17) is 10.7 Å². The van der Waals surface area contributed by atoms with E-state index >= 15 is 0 Å². The second-order valence-electron chi connectivity index (χ2n) is 7.85. The first-order chi connectivity index (χ1) is 14.3. The third-order valence-electron chi connectivity index (χ3n) is 5.26. The van der Waals surface area contributed by atoms with Gasteiger partial charge in [-0.05, 0) is 24.1 Å². The third-order valence-corrected chi connectivity index (χ3v) is 5.26. The number of carbonyl (C=O) groups is 1. The Bertz CT molecular complexity index is 1210. The van der Waals surface area contributed by atoms with Crippen molar-refractivity contribution in [1.29, 1.82) is 0 Å². The highest BCUT2D eigenvalue weighted by Gasteiger charge is 2.42. The smallest absolute Gasteiger partial charge is 0.267 e. The topological polar surface area (TPSA) is 105 Å². The van der Waals surface area contributed by atoms with E-state index < -0.39 is 5.60 Å². The minimum absolute atomic E-state index is 0.179. The van der Waals surface area contributed by atoms with Crippen molar-refractivity contribution in [2.75, 3.05) is 19.3 Å². The Labute approximate surface area is 175 Å². The van der Waals surface area contributed by atoms with Crippen molar-refractivity contribution in [3.8, 4) is 23.2 Å². The number of nitrogens with two attached hydrogens (primary N) is 1. The van der Waals surface area contributed by atoms with Crippen molar-refractivity contribution >= 4 is 22.6 Å². The van der Waals surface area contributed by atoms with Crippen LogP contribution >= 0.6 is 0 Å². The lowest BCUT2D eigenvalue weighted by molar-refractivity contribution is -0.137.